The van der Waals surface area contributed by atoms with Crippen LogP contribution in [0.1, 0.15) is 39.2 Å². The van der Waals surface area contributed by atoms with Gasteiger partial charge in [0.15, 0.2) is 9.84 Å². The molecule has 1 saturated heterocycles. The molecule has 0 N–H and O–H groups in total. The minimum absolute atomic E-state index is 0.0166. The van der Waals surface area contributed by atoms with Gasteiger partial charge >= 0.3 is 0 Å². The van der Waals surface area contributed by atoms with E-state index >= 15 is 0 Å². The van der Waals surface area contributed by atoms with Crippen LogP contribution in [0.25, 0.3) is 11.1 Å². The molecule has 0 amide bonds. The van der Waals surface area contributed by atoms with E-state index in [-0.39, 0.29) is 12.4 Å². The van der Waals surface area contributed by atoms with Crippen molar-refractivity contribution in [1.82, 2.24) is 4.90 Å². The van der Waals surface area contributed by atoms with Gasteiger partial charge in [-0.1, -0.05) is 36.4 Å². The van der Waals surface area contributed by atoms with Crippen LogP contribution in [0.4, 0.5) is 0 Å². The molecule has 29 heavy (non-hydrogen) atoms. The third kappa shape index (κ3) is 5.68. The number of ether oxygens (including phenoxy) is 1. The monoisotopic (exact) mass is 415 g/mol. The van der Waals surface area contributed by atoms with Crippen LogP contribution in [0.3, 0.4) is 0 Å². The topological polar surface area (TPSA) is 46.6 Å². The van der Waals surface area contributed by atoms with E-state index in [1.54, 1.807) is 12.1 Å². The number of likely N-dealkylation sites (tertiary alicyclic amines) is 1. The zero-order valence-electron chi connectivity index (χ0n) is 17.8. The molecule has 0 saturated carbocycles. The number of hydrogen-bond acceptors (Lipinski definition) is 4. The van der Waals surface area contributed by atoms with Gasteiger partial charge in [0.05, 0.1) is 17.3 Å². The third-order valence-electron chi connectivity index (χ3n) is 5.90. The number of nitrogens with zero attached hydrogens (tertiary/aromatic N) is 1. The largest absolute Gasteiger partial charge is 0.381 e. The maximum absolute atomic E-state index is 12.4. The lowest BCUT2D eigenvalue weighted by Gasteiger charge is -2.28. The Morgan fingerprint density at radius 2 is 1.69 bits per heavy atom. The average Bonchev–Trinajstić information content (AvgIpc) is 3.15. The summed E-state index contributed by atoms with van der Waals surface area (Å²) in [4.78, 5) is 2.96. The van der Waals surface area contributed by atoms with Gasteiger partial charge in [-0.3, -0.25) is 4.90 Å². The quantitative estimate of drug-likeness (QED) is 0.563. The summed E-state index contributed by atoms with van der Waals surface area (Å²) in [6, 6.07) is 17.1. The van der Waals surface area contributed by atoms with E-state index in [4.69, 9.17) is 4.74 Å². The predicted octanol–water partition coefficient (Wildman–Crippen LogP) is 4.58. The Balaban J connectivity index is 1.64. The van der Waals surface area contributed by atoms with E-state index in [0.29, 0.717) is 23.6 Å². The summed E-state index contributed by atoms with van der Waals surface area (Å²) < 4.78 is 29.9. The predicted molar refractivity (Wildman–Crippen MR) is 119 cm³/mol. The molecule has 2 aromatic rings. The highest BCUT2D eigenvalue weighted by molar-refractivity contribution is 7.91. The Morgan fingerprint density at radius 1 is 1.07 bits per heavy atom. The van der Waals surface area contributed by atoms with Gasteiger partial charge in [-0.2, -0.15) is 0 Å². The van der Waals surface area contributed by atoms with Gasteiger partial charge in [0, 0.05) is 18.7 Å². The van der Waals surface area contributed by atoms with Crippen LogP contribution < -0.4 is 0 Å². The summed E-state index contributed by atoms with van der Waals surface area (Å²) in [5.41, 5.74) is 3.48. The van der Waals surface area contributed by atoms with Crippen molar-refractivity contribution in [3.05, 3.63) is 54.1 Å². The molecule has 0 aromatic heterocycles. The number of hydrogen-bond donors (Lipinski definition) is 0. The number of sulfone groups is 1. The highest BCUT2D eigenvalue weighted by Crippen LogP contribution is 2.25. The maximum atomic E-state index is 12.4. The summed E-state index contributed by atoms with van der Waals surface area (Å²) in [5, 5.41) is 0. The first-order chi connectivity index (χ1) is 13.9. The smallest absolute Gasteiger partial charge is 0.180 e. The fourth-order valence-corrected chi connectivity index (χ4v) is 5.31. The molecule has 4 nitrogen and oxygen atoms in total. The minimum Gasteiger partial charge on any atom is -0.381 e. The normalized spacial score (nSPS) is 18.8. The van der Waals surface area contributed by atoms with Gasteiger partial charge in [-0.25, -0.2) is 8.42 Å². The van der Waals surface area contributed by atoms with E-state index in [1.165, 1.54) is 24.9 Å². The SMILES string of the molecule is CCOCCS(=O)(=O)c1ccc(-c2ccc(C[C@@H](C)N3CCC[C@H]3C)cc2)cc1. The van der Waals surface area contributed by atoms with Crippen molar-refractivity contribution in [1.29, 1.82) is 0 Å². The van der Waals surface area contributed by atoms with Crippen LogP contribution in [-0.4, -0.2) is 50.9 Å². The summed E-state index contributed by atoms with van der Waals surface area (Å²) >= 11 is 0. The van der Waals surface area contributed by atoms with Gasteiger partial charge in [0.2, 0.25) is 0 Å². The van der Waals surface area contributed by atoms with Gasteiger partial charge in [-0.05, 0) is 75.4 Å². The standard InChI is InChI=1S/C24H33NO3S/c1-4-28-16-17-29(26,27)24-13-11-23(12-14-24)22-9-7-21(8-10-22)18-20(3)25-15-5-6-19(25)2/h7-14,19-20H,4-6,15-18H2,1-3H3/t19-,20-/m1/s1. The molecule has 158 valence electrons. The summed E-state index contributed by atoms with van der Waals surface area (Å²) in [5.74, 6) is 0.0166. The van der Waals surface area contributed by atoms with E-state index in [2.05, 4.69) is 43.0 Å². The van der Waals surface area contributed by atoms with Crippen molar-refractivity contribution in [2.24, 2.45) is 0 Å². The van der Waals surface area contributed by atoms with Crippen LogP contribution >= 0.6 is 0 Å². The molecule has 1 aliphatic rings. The molecule has 1 heterocycles. The lowest BCUT2D eigenvalue weighted by molar-refractivity contribution is 0.163. The van der Waals surface area contributed by atoms with Crippen LogP contribution in [-0.2, 0) is 21.0 Å². The van der Waals surface area contributed by atoms with Crippen LogP contribution in [0, 0.1) is 0 Å². The first kappa shape index (κ1) is 22.0. The van der Waals surface area contributed by atoms with Crippen LogP contribution in [0.2, 0.25) is 0 Å². The van der Waals surface area contributed by atoms with Crippen LogP contribution in [0.15, 0.2) is 53.4 Å². The molecule has 2 atom stereocenters. The molecule has 0 radical (unpaired) electrons. The van der Waals surface area contributed by atoms with Crippen LogP contribution in [0.5, 0.6) is 0 Å². The first-order valence-electron chi connectivity index (χ1n) is 10.7. The van der Waals surface area contributed by atoms with Gasteiger partial charge in [0.1, 0.15) is 0 Å². The molecule has 0 aliphatic carbocycles. The van der Waals surface area contributed by atoms with Crippen molar-refractivity contribution in [2.45, 2.75) is 57.0 Å². The number of benzene rings is 2. The molecule has 2 aromatic carbocycles. The third-order valence-corrected chi connectivity index (χ3v) is 7.60. The summed E-state index contributed by atoms with van der Waals surface area (Å²) in [6.45, 7) is 8.48. The van der Waals surface area contributed by atoms with Gasteiger partial charge in [-0.15, -0.1) is 0 Å². The van der Waals surface area contributed by atoms with E-state index < -0.39 is 9.84 Å². The molecule has 5 heteroatoms. The van der Waals surface area contributed by atoms with E-state index in [0.717, 1.165) is 17.5 Å². The second-order valence-corrected chi connectivity index (χ2v) is 10.1. The average molecular weight is 416 g/mol. The van der Waals surface area contributed by atoms with Crippen molar-refractivity contribution >= 4 is 9.84 Å². The fourth-order valence-electron chi connectivity index (χ4n) is 4.19. The van der Waals surface area contributed by atoms with Gasteiger partial charge < -0.3 is 4.74 Å². The van der Waals surface area contributed by atoms with Crippen molar-refractivity contribution in [3.63, 3.8) is 0 Å². The molecule has 3 rings (SSSR count). The Labute approximate surface area is 175 Å². The fraction of sp³-hybridized carbons (Fsp3) is 0.500. The zero-order chi connectivity index (χ0) is 20.9. The van der Waals surface area contributed by atoms with Crippen molar-refractivity contribution in [2.75, 3.05) is 25.5 Å². The van der Waals surface area contributed by atoms with Crippen molar-refractivity contribution in [3.8, 4) is 11.1 Å². The zero-order valence-corrected chi connectivity index (χ0v) is 18.6. The molecule has 0 unspecified atom stereocenters. The van der Waals surface area contributed by atoms with E-state index in [1.807, 2.05) is 19.1 Å². The Kier molecular flexibility index (Phi) is 7.49. The lowest BCUT2D eigenvalue weighted by Crippen LogP contribution is -2.36. The second kappa shape index (κ2) is 9.88. The molecular formula is C24H33NO3S. The first-order valence-corrected chi connectivity index (χ1v) is 12.3. The Bertz CT molecular complexity index is 875. The van der Waals surface area contributed by atoms with E-state index in [9.17, 15) is 8.42 Å². The van der Waals surface area contributed by atoms with Gasteiger partial charge in [0.25, 0.3) is 0 Å². The summed E-state index contributed by atoms with van der Waals surface area (Å²) in [7, 11) is -3.29. The summed E-state index contributed by atoms with van der Waals surface area (Å²) in [6.07, 6.45) is 3.67. The maximum Gasteiger partial charge on any atom is 0.180 e. The second-order valence-electron chi connectivity index (χ2n) is 8.02. The molecule has 0 bridgehead atoms. The highest BCUT2D eigenvalue weighted by Gasteiger charge is 2.24. The molecule has 0 spiro atoms. The minimum atomic E-state index is -3.29. The molecule has 1 fully saturated rings. The van der Waals surface area contributed by atoms with Crippen molar-refractivity contribution < 1.29 is 13.2 Å². The highest BCUT2D eigenvalue weighted by atomic mass is 32.2. The Morgan fingerprint density at radius 3 is 2.24 bits per heavy atom. The lowest BCUT2D eigenvalue weighted by atomic mass is 10.0. The molecule has 1 aliphatic heterocycles. The Hall–Kier alpha value is -1.69. The molecular weight excluding hydrogens is 382 g/mol. The number of rotatable bonds is 9.